The number of rotatable bonds is 6. The van der Waals surface area contributed by atoms with Gasteiger partial charge in [-0.2, -0.15) is 0 Å². The number of imidazole rings is 1. The molecule has 0 aromatic carbocycles. The lowest BCUT2D eigenvalue weighted by Crippen LogP contribution is -2.22. The number of aryl methyl sites for hydroxylation is 1. The summed E-state index contributed by atoms with van der Waals surface area (Å²) in [6.07, 6.45) is 3.35. The first-order valence-corrected chi connectivity index (χ1v) is 7.65. The molecule has 0 radical (unpaired) electrons. The average molecular weight is 259 g/mol. The summed E-state index contributed by atoms with van der Waals surface area (Å²) >= 11 is 0. The summed E-state index contributed by atoms with van der Waals surface area (Å²) in [4.78, 5) is 4.04. The fourth-order valence-electron chi connectivity index (χ4n) is 1.52. The van der Waals surface area contributed by atoms with E-state index in [9.17, 15) is 8.42 Å². The Kier molecular flexibility index (Phi) is 4.70. The van der Waals surface area contributed by atoms with Crippen molar-refractivity contribution in [2.75, 3.05) is 11.5 Å². The van der Waals surface area contributed by atoms with Crippen LogP contribution in [0.3, 0.4) is 0 Å². The molecule has 1 heterocycles. The standard InChI is InChI=1S/C11H21N3O2S/c1-4-17(15,16)6-5-14-8-13-7-10(14)11(12)9(2)3/h7-9,11H,4-6,12H2,1-3H3. The van der Waals surface area contributed by atoms with Gasteiger partial charge in [-0.3, -0.25) is 0 Å². The molecular formula is C11H21N3O2S. The van der Waals surface area contributed by atoms with Crippen LogP contribution < -0.4 is 5.73 Å². The van der Waals surface area contributed by atoms with Crippen molar-refractivity contribution in [2.45, 2.75) is 33.4 Å². The molecule has 0 fully saturated rings. The SMILES string of the molecule is CCS(=O)(=O)CCn1cncc1C(N)C(C)C. The molecule has 1 aromatic rings. The minimum absolute atomic E-state index is 0.109. The lowest BCUT2D eigenvalue weighted by Gasteiger charge is -2.17. The average Bonchev–Trinajstić information content (AvgIpc) is 2.73. The first kappa shape index (κ1) is 14.2. The second kappa shape index (κ2) is 5.64. The van der Waals surface area contributed by atoms with Gasteiger partial charge in [0.2, 0.25) is 0 Å². The molecule has 1 rings (SSSR count). The topological polar surface area (TPSA) is 78.0 Å². The maximum atomic E-state index is 11.4. The van der Waals surface area contributed by atoms with Crippen LogP contribution in [0, 0.1) is 5.92 Å². The van der Waals surface area contributed by atoms with Gasteiger partial charge in [0.05, 0.1) is 17.8 Å². The van der Waals surface area contributed by atoms with E-state index >= 15 is 0 Å². The molecule has 6 heteroatoms. The third-order valence-corrected chi connectivity index (χ3v) is 4.57. The number of hydrogen-bond acceptors (Lipinski definition) is 4. The van der Waals surface area contributed by atoms with Crippen molar-refractivity contribution in [2.24, 2.45) is 11.7 Å². The van der Waals surface area contributed by atoms with Gasteiger partial charge in [-0.25, -0.2) is 13.4 Å². The molecule has 0 aliphatic rings. The number of aromatic nitrogens is 2. The molecule has 98 valence electrons. The van der Waals surface area contributed by atoms with Crippen LogP contribution in [0.2, 0.25) is 0 Å². The highest BCUT2D eigenvalue weighted by Gasteiger charge is 2.16. The number of hydrogen-bond donors (Lipinski definition) is 1. The Balaban J connectivity index is 2.77. The summed E-state index contributed by atoms with van der Waals surface area (Å²) in [5, 5.41) is 0. The predicted octanol–water partition coefficient (Wildman–Crippen LogP) is 0.974. The molecule has 0 saturated heterocycles. The van der Waals surface area contributed by atoms with E-state index in [0.717, 1.165) is 5.69 Å². The first-order valence-electron chi connectivity index (χ1n) is 5.83. The number of nitrogens with two attached hydrogens (primary N) is 1. The summed E-state index contributed by atoms with van der Waals surface area (Å²) < 4.78 is 24.7. The fourth-order valence-corrected chi connectivity index (χ4v) is 2.28. The van der Waals surface area contributed by atoms with Crippen LogP contribution in [0.25, 0.3) is 0 Å². The third-order valence-electron chi connectivity index (χ3n) is 2.89. The Hall–Kier alpha value is -0.880. The van der Waals surface area contributed by atoms with Crippen molar-refractivity contribution in [1.82, 2.24) is 9.55 Å². The Bertz CT molecular complexity index is 451. The molecule has 5 nitrogen and oxygen atoms in total. The Labute approximate surface area is 103 Å². The third kappa shape index (κ3) is 3.81. The molecule has 0 bridgehead atoms. The lowest BCUT2D eigenvalue weighted by molar-refractivity contribution is 0.481. The highest BCUT2D eigenvalue weighted by Crippen LogP contribution is 2.18. The Morgan fingerprint density at radius 2 is 2.12 bits per heavy atom. The zero-order chi connectivity index (χ0) is 13.1. The van der Waals surface area contributed by atoms with E-state index in [0.29, 0.717) is 12.5 Å². The molecule has 0 spiro atoms. The predicted molar refractivity (Wildman–Crippen MR) is 68.3 cm³/mol. The molecule has 1 unspecified atom stereocenters. The van der Waals surface area contributed by atoms with Crippen LogP contribution in [0.15, 0.2) is 12.5 Å². The van der Waals surface area contributed by atoms with Gasteiger partial charge in [0.1, 0.15) is 0 Å². The van der Waals surface area contributed by atoms with Gasteiger partial charge >= 0.3 is 0 Å². The van der Waals surface area contributed by atoms with E-state index in [2.05, 4.69) is 4.98 Å². The zero-order valence-corrected chi connectivity index (χ0v) is 11.4. The summed E-state index contributed by atoms with van der Waals surface area (Å²) in [6, 6.07) is -0.109. The van der Waals surface area contributed by atoms with E-state index in [1.54, 1.807) is 19.4 Å². The van der Waals surface area contributed by atoms with Crippen molar-refractivity contribution in [1.29, 1.82) is 0 Å². The van der Waals surface area contributed by atoms with Gasteiger partial charge < -0.3 is 10.3 Å². The van der Waals surface area contributed by atoms with Crippen LogP contribution in [-0.4, -0.2) is 29.5 Å². The van der Waals surface area contributed by atoms with Crippen LogP contribution in [0.4, 0.5) is 0 Å². The number of sulfone groups is 1. The quantitative estimate of drug-likeness (QED) is 0.826. The van der Waals surface area contributed by atoms with Gasteiger partial charge in [0.25, 0.3) is 0 Å². The van der Waals surface area contributed by atoms with Gasteiger partial charge in [-0.1, -0.05) is 20.8 Å². The monoisotopic (exact) mass is 259 g/mol. The first-order chi connectivity index (χ1) is 7.87. The highest BCUT2D eigenvalue weighted by molar-refractivity contribution is 7.91. The summed E-state index contributed by atoms with van der Waals surface area (Å²) in [6.45, 7) is 6.14. The Morgan fingerprint density at radius 3 is 2.65 bits per heavy atom. The van der Waals surface area contributed by atoms with E-state index in [1.165, 1.54) is 0 Å². The molecule has 0 saturated carbocycles. The van der Waals surface area contributed by atoms with Gasteiger partial charge in [-0.15, -0.1) is 0 Å². The molecule has 0 aliphatic heterocycles. The van der Waals surface area contributed by atoms with Crippen LogP contribution in [0.1, 0.15) is 32.5 Å². The summed E-state index contributed by atoms with van der Waals surface area (Å²) in [5.41, 5.74) is 6.94. The maximum Gasteiger partial charge on any atom is 0.151 e. The van der Waals surface area contributed by atoms with Crippen molar-refractivity contribution < 1.29 is 8.42 Å². The highest BCUT2D eigenvalue weighted by atomic mass is 32.2. The van der Waals surface area contributed by atoms with E-state index in [4.69, 9.17) is 5.73 Å². The van der Waals surface area contributed by atoms with Crippen molar-refractivity contribution in [3.05, 3.63) is 18.2 Å². The van der Waals surface area contributed by atoms with Gasteiger partial charge in [0.15, 0.2) is 9.84 Å². The number of nitrogens with zero attached hydrogens (tertiary/aromatic N) is 2. The summed E-state index contributed by atoms with van der Waals surface area (Å²) in [7, 11) is -2.95. The minimum atomic E-state index is -2.95. The molecule has 0 aliphatic carbocycles. The van der Waals surface area contributed by atoms with Crippen LogP contribution >= 0.6 is 0 Å². The van der Waals surface area contributed by atoms with E-state index < -0.39 is 9.84 Å². The molecule has 0 amide bonds. The van der Waals surface area contributed by atoms with Crippen molar-refractivity contribution in [3.63, 3.8) is 0 Å². The van der Waals surface area contributed by atoms with E-state index in [-0.39, 0.29) is 17.5 Å². The van der Waals surface area contributed by atoms with Crippen LogP contribution in [0.5, 0.6) is 0 Å². The van der Waals surface area contributed by atoms with Crippen LogP contribution in [-0.2, 0) is 16.4 Å². The molecule has 2 N–H and O–H groups in total. The minimum Gasteiger partial charge on any atom is -0.332 e. The van der Waals surface area contributed by atoms with E-state index in [1.807, 2.05) is 18.4 Å². The molecule has 1 atom stereocenters. The van der Waals surface area contributed by atoms with Crippen molar-refractivity contribution >= 4 is 9.84 Å². The maximum absolute atomic E-state index is 11.4. The lowest BCUT2D eigenvalue weighted by atomic mass is 10.0. The second-order valence-corrected chi connectivity index (χ2v) is 6.99. The smallest absolute Gasteiger partial charge is 0.151 e. The van der Waals surface area contributed by atoms with Crippen molar-refractivity contribution in [3.8, 4) is 0 Å². The largest absolute Gasteiger partial charge is 0.332 e. The Morgan fingerprint density at radius 1 is 1.47 bits per heavy atom. The fraction of sp³-hybridized carbons (Fsp3) is 0.727. The second-order valence-electron chi connectivity index (χ2n) is 4.52. The molecule has 17 heavy (non-hydrogen) atoms. The molecule has 1 aromatic heterocycles. The normalized spacial score (nSPS) is 14.2. The summed E-state index contributed by atoms with van der Waals surface area (Å²) in [5.74, 6) is 0.610. The van der Waals surface area contributed by atoms with Gasteiger partial charge in [0, 0.05) is 24.5 Å². The molecular weight excluding hydrogens is 238 g/mol. The van der Waals surface area contributed by atoms with Gasteiger partial charge in [-0.05, 0) is 5.92 Å². The zero-order valence-electron chi connectivity index (χ0n) is 10.6.